The average Bonchev–Trinajstić information content (AvgIpc) is 2.96. The Morgan fingerprint density at radius 1 is 1.33 bits per heavy atom. The van der Waals surface area contributed by atoms with Crippen molar-refractivity contribution in [1.82, 2.24) is 9.97 Å². The highest BCUT2D eigenvalue weighted by Gasteiger charge is 2.28. The second-order valence-corrected chi connectivity index (χ2v) is 7.86. The van der Waals surface area contributed by atoms with E-state index in [4.69, 9.17) is 4.42 Å². The van der Waals surface area contributed by atoms with E-state index in [2.05, 4.69) is 36.1 Å². The molecule has 1 fully saturated rings. The number of furan rings is 1. The topological polar surface area (TPSA) is 71.3 Å². The second-order valence-electron chi connectivity index (χ2n) is 6.95. The van der Waals surface area contributed by atoms with E-state index in [0.29, 0.717) is 12.3 Å². The summed E-state index contributed by atoms with van der Waals surface area (Å²) >= 11 is 3.44. The molecule has 0 unspecified atom stereocenters. The van der Waals surface area contributed by atoms with Gasteiger partial charge in [0.1, 0.15) is 17.9 Å². The number of nitrogens with one attached hydrogen (secondary N) is 1. The highest BCUT2D eigenvalue weighted by Crippen LogP contribution is 2.32. The molecular weight excluding hydrogens is 408 g/mol. The van der Waals surface area contributed by atoms with Crippen LogP contribution in [0.1, 0.15) is 24.2 Å². The Labute approximate surface area is 166 Å². The van der Waals surface area contributed by atoms with Crippen LogP contribution in [0, 0.1) is 19.8 Å². The fourth-order valence-electron chi connectivity index (χ4n) is 3.60. The first-order chi connectivity index (χ1) is 13.0. The lowest BCUT2D eigenvalue weighted by Crippen LogP contribution is -2.41. The zero-order valence-corrected chi connectivity index (χ0v) is 16.9. The summed E-state index contributed by atoms with van der Waals surface area (Å²) in [4.78, 5) is 23.7. The zero-order valence-electron chi connectivity index (χ0n) is 15.3. The minimum atomic E-state index is -0.0870. The minimum absolute atomic E-state index is 0.0446. The third kappa shape index (κ3) is 3.56. The molecule has 6 nitrogen and oxygen atoms in total. The number of aromatic nitrogens is 2. The van der Waals surface area contributed by atoms with Crippen LogP contribution in [0.5, 0.6) is 0 Å². The normalized spacial score (nSPS) is 17.3. The van der Waals surface area contributed by atoms with E-state index in [0.717, 1.165) is 52.1 Å². The van der Waals surface area contributed by atoms with Crippen LogP contribution in [0.15, 0.2) is 39.5 Å². The predicted molar refractivity (Wildman–Crippen MR) is 109 cm³/mol. The SMILES string of the molecule is Cc1oc2ncnc(N3CCC[C@H](C(=O)Nc4cccc(Br)c4)C3)c2c1C. The summed E-state index contributed by atoms with van der Waals surface area (Å²) in [5, 5.41) is 3.98. The van der Waals surface area contributed by atoms with E-state index in [1.807, 2.05) is 38.1 Å². The van der Waals surface area contributed by atoms with Crippen molar-refractivity contribution < 1.29 is 9.21 Å². The van der Waals surface area contributed by atoms with Crippen LogP contribution < -0.4 is 10.2 Å². The Balaban J connectivity index is 1.56. The van der Waals surface area contributed by atoms with Gasteiger partial charge in [0.2, 0.25) is 11.6 Å². The largest absolute Gasteiger partial charge is 0.443 e. The van der Waals surface area contributed by atoms with Gasteiger partial charge in [0.25, 0.3) is 0 Å². The van der Waals surface area contributed by atoms with Crippen LogP contribution in [-0.2, 0) is 4.79 Å². The maximum absolute atomic E-state index is 12.8. The van der Waals surface area contributed by atoms with E-state index in [1.165, 1.54) is 6.33 Å². The highest BCUT2D eigenvalue weighted by molar-refractivity contribution is 9.10. The summed E-state index contributed by atoms with van der Waals surface area (Å²) in [6.45, 7) is 5.47. The number of nitrogens with zero attached hydrogens (tertiary/aromatic N) is 3. The predicted octanol–water partition coefficient (Wildman–Crippen LogP) is 4.46. The zero-order chi connectivity index (χ0) is 19.0. The third-order valence-electron chi connectivity index (χ3n) is 5.13. The van der Waals surface area contributed by atoms with Gasteiger partial charge in [-0.2, -0.15) is 0 Å². The van der Waals surface area contributed by atoms with E-state index < -0.39 is 0 Å². The van der Waals surface area contributed by atoms with E-state index in [9.17, 15) is 4.79 Å². The van der Waals surface area contributed by atoms with Crippen molar-refractivity contribution in [2.24, 2.45) is 5.92 Å². The number of fused-ring (bicyclic) bond motifs is 1. The van der Waals surface area contributed by atoms with Gasteiger partial charge in [0, 0.05) is 28.8 Å². The number of rotatable bonds is 3. The molecule has 7 heteroatoms. The lowest BCUT2D eigenvalue weighted by Gasteiger charge is -2.33. The first-order valence-electron chi connectivity index (χ1n) is 9.05. The summed E-state index contributed by atoms with van der Waals surface area (Å²) in [5.41, 5.74) is 2.47. The van der Waals surface area contributed by atoms with Crippen LogP contribution in [0.25, 0.3) is 11.1 Å². The number of amides is 1. The van der Waals surface area contributed by atoms with Crippen molar-refractivity contribution in [1.29, 1.82) is 0 Å². The molecule has 1 N–H and O–H groups in total. The first kappa shape index (κ1) is 18.0. The summed E-state index contributed by atoms with van der Waals surface area (Å²) in [6, 6.07) is 7.65. The molecule has 1 aliphatic heterocycles. The fraction of sp³-hybridized carbons (Fsp3) is 0.350. The molecule has 3 aromatic rings. The van der Waals surface area contributed by atoms with Crippen LogP contribution in [-0.4, -0.2) is 29.0 Å². The van der Waals surface area contributed by atoms with Crippen LogP contribution in [0.2, 0.25) is 0 Å². The molecule has 4 rings (SSSR count). The van der Waals surface area contributed by atoms with Crippen LogP contribution >= 0.6 is 15.9 Å². The van der Waals surface area contributed by atoms with E-state index in [1.54, 1.807) is 0 Å². The Morgan fingerprint density at radius 2 is 2.19 bits per heavy atom. The number of hydrogen-bond donors (Lipinski definition) is 1. The second kappa shape index (κ2) is 7.31. The molecule has 1 atom stereocenters. The molecule has 3 heterocycles. The quantitative estimate of drug-likeness (QED) is 0.666. The molecule has 2 aromatic heterocycles. The lowest BCUT2D eigenvalue weighted by molar-refractivity contribution is -0.120. The molecule has 0 spiro atoms. The number of halogens is 1. The number of hydrogen-bond acceptors (Lipinski definition) is 5. The molecular formula is C20H21BrN4O2. The van der Waals surface area contributed by atoms with Crippen LogP contribution in [0.3, 0.4) is 0 Å². The average molecular weight is 429 g/mol. The van der Waals surface area contributed by atoms with Gasteiger partial charge in [0.05, 0.1) is 11.3 Å². The first-order valence-corrected chi connectivity index (χ1v) is 9.84. The monoisotopic (exact) mass is 428 g/mol. The van der Waals surface area contributed by atoms with Gasteiger partial charge in [-0.05, 0) is 44.9 Å². The maximum atomic E-state index is 12.8. The van der Waals surface area contributed by atoms with Crippen LogP contribution in [0.4, 0.5) is 11.5 Å². The number of carbonyl (C=O) groups excluding carboxylic acids is 1. The van der Waals surface area contributed by atoms with E-state index >= 15 is 0 Å². The molecule has 1 aliphatic rings. The number of anilines is 2. The number of benzene rings is 1. The van der Waals surface area contributed by atoms with Gasteiger partial charge < -0.3 is 14.6 Å². The number of carbonyl (C=O) groups is 1. The van der Waals surface area contributed by atoms with Gasteiger partial charge in [-0.25, -0.2) is 9.97 Å². The van der Waals surface area contributed by atoms with Crippen molar-refractivity contribution in [2.75, 3.05) is 23.3 Å². The number of piperidine rings is 1. The molecule has 0 bridgehead atoms. The standard InChI is InChI=1S/C20H21BrN4O2/c1-12-13(2)27-20-17(12)18(22-11-23-20)25-8-4-5-14(10-25)19(26)24-16-7-3-6-15(21)9-16/h3,6-7,9,11,14H,4-5,8,10H2,1-2H3,(H,24,26)/t14-/m0/s1. The highest BCUT2D eigenvalue weighted by atomic mass is 79.9. The summed E-state index contributed by atoms with van der Waals surface area (Å²) in [6.07, 6.45) is 3.34. The molecule has 27 heavy (non-hydrogen) atoms. The van der Waals surface area contributed by atoms with Crippen molar-refractivity contribution in [3.05, 3.63) is 46.4 Å². The molecule has 1 amide bonds. The maximum Gasteiger partial charge on any atom is 0.231 e. The lowest BCUT2D eigenvalue weighted by atomic mass is 9.96. The summed E-state index contributed by atoms with van der Waals surface area (Å²) < 4.78 is 6.68. The Hall–Kier alpha value is -2.41. The fourth-order valence-corrected chi connectivity index (χ4v) is 4.00. The molecule has 0 aliphatic carbocycles. The molecule has 1 saturated heterocycles. The van der Waals surface area contributed by atoms with Crippen molar-refractivity contribution in [2.45, 2.75) is 26.7 Å². The smallest absolute Gasteiger partial charge is 0.231 e. The van der Waals surface area contributed by atoms with Gasteiger partial charge in [-0.15, -0.1) is 0 Å². The Bertz CT molecular complexity index is 1000. The molecule has 0 saturated carbocycles. The number of aryl methyl sites for hydroxylation is 2. The summed E-state index contributed by atoms with van der Waals surface area (Å²) in [5.74, 6) is 1.67. The minimum Gasteiger partial charge on any atom is -0.443 e. The van der Waals surface area contributed by atoms with Gasteiger partial charge in [-0.3, -0.25) is 4.79 Å². The van der Waals surface area contributed by atoms with Crippen molar-refractivity contribution in [3.63, 3.8) is 0 Å². The van der Waals surface area contributed by atoms with E-state index in [-0.39, 0.29) is 11.8 Å². The van der Waals surface area contributed by atoms with Crippen molar-refractivity contribution >= 4 is 44.4 Å². The molecule has 0 radical (unpaired) electrons. The summed E-state index contributed by atoms with van der Waals surface area (Å²) in [7, 11) is 0. The van der Waals surface area contributed by atoms with Gasteiger partial charge >= 0.3 is 0 Å². The molecule has 140 valence electrons. The Kier molecular flexibility index (Phi) is 4.86. The van der Waals surface area contributed by atoms with Gasteiger partial charge in [-0.1, -0.05) is 22.0 Å². The Morgan fingerprint density at radius 3 is 3.00 bits per heavy atom. The third-order valence-corrected chi connectivity index (χ3v) is 5.62. The van der Waals surface area contributed by atoms with Gasteiger partial charge in [0.15, 0.2) is 0 Å². The van der Waals surface area contributed by atoms with Crippen molar-refractivity contribution in [3.8, 4) is 0 Å². The molecule has 1 aromatic carbocycles.